The van der Waals surface area contributed by atoms with Crippen LogP contribution in [0.2, 0.25) is 0 Å². The van der Waals surface area contributed by atoms with E-state index in [1.165, 1.54) is 23.9 Å². The lowest BCUT2D eigenvalue weighted by Crippen LogP contribution is -2.06. The summed E-state index contributed by atoms with van der Waals surface area (Å²) in [4.78, 5) is 17.4. The number of aryl methyl sites for hydroxylation is 3. The summed E-state index contributed by atoms with van der Waals surface area (Å²) in [5.74, 6) is 0.742. The number of ketones is 1. The zero-order valence-corrected chi connectivity index (χ0v) is 17.4. The molecule has 0 saturated carbocycles. The molecule has 0 radical (unpaired) electrons. The first kappa shape index (κ1) is 19.3. The van der Waals surface area contributed by atoms with Gasteiger partial charge < -0.3 is 4.57 Å². The van der Waals surface area contributed by atoms with Gasteiger partial charge in [-0.25, -0.2) is 9.37 Å². The minimum Gasteiger partial charge on any atom is -0.318 e. The normalized spacial score (nSPS) is 11.3. The molecule has 3 heterocycles. The maximum atomic E-state index is 13.2. The van der Waals surface area contributed by atoms with Crippen LogP contribution < -0.4 is 0 Å². The summed E-state index contributed by atoms with van der Waals surface area (Å²) in [6, 6.07) is 9.98. The third-order valence-corrected chi connectivity index (χ3v) is 5.74. The van der Waals surface area contributed by atoms with Gasteiger partial charge in [-0.3, -0.25) is 9.20 Å². The van der Waals surface area contributed by atoms with Crippen LogP contribution >= 0.6 is 11.8 Å². The van der Waals surface area contributed by atoms with Crippen LogP contribution in [0.5, 0.6) is 0 Å². The number of hydrogen-bond donors (Lipinski definition) is 0. The Bertz CT molecular complexity index is 1230. The largest absolute Gasteiger partial charge is 0.318 e. The SMILES string of the molecule is Cc1cc2nnc(SCC(=O)c3cc(C)n(-c4ccc(F)cc4)c3C)n2c(C)n1. The van der Waals surface area contributed by atoms with Crippen molar-refractivity contribution >= 4 is 23.2 Å². The summed E-state index contributed by atoms with van der Waals surface area (Å²) in [5.41, 5.74) is 4.83. The highest BCUT2D eigenvalue weighted by atomic mass is 32.2. The summed E-state index contributed by atoms with van der Waals surface area (Å²) in [6.07, 6.45) is 0. The number of carbonyl (C=O) groups excluding carboxylic acids is 1. The van der Waals surface area contributed by atoms with Crippen molar-refractivity contribution in [1.29, 1.82) is 0 Å². The Morgan fingerprint density at radius 1 is 1.07 bits per heavy atom. The molecular weight excluding hydrogens is 389 g/mol. The Labute approximate surface area is 171 Å². The van der Waals surface area contributed by atoms with Crippen LogP contribution in [-0.4, -0.2) is 35.7 Å². The molecule has 8 heteroatoms. The summed E-state index contributed by atoms with van der Waals surface area (Å²) in [7, 11) is 0. The second kappa shape index (κ2) is 7.44. The van der Waals surface area contributed by atoms with Crippen molar-refractivity contribution in [2.75, 3.05) is 5.75 Å². The lowest BCUT2D eigenvalue weighted by atomic mass is 10.2. The van der Waals surface area contributed by atoms with Gasteiger partial charge in [0, 0.05) is 34.4 Å². The van der Waals surface area contributed by atoms with E-state index in [-0.39, 0.29) is 17.4 Å². The molecule has 6 nitrogen and oxygen atoms in total. The van der Waals surface area contributed by atoms with E-state index in [4.69, 9.17) is 0 Å². The highest BCUT2D eigenvalue weighted by Gasteiger charge is 2.18. The van der Waals surface area contributed by atoms with Gasteiger partial charge in [0.15, 0.2) is 16.6 Å². The van der Waals surface area contributed by atoms with Gasteiger partial charge in [-0.05, 0) is 58.0 Å². The van der Waals surface area contributed by atoms with E-state index < -0.39 is 0 Å². The molecule has 1 aromatic carbocycles. The molecule has 3 aromatic heterocycles. The van der Waals surface area contributed by atoms with Crippen molar-refractivity contribution in [1.82, 2.24) is 24.1 Å². The zero-order valence-electron chi connectivity index (χ0n) is 16.6. The Kier molecular flexibility index (Phi) is 4.96. The number of nitrogens with zero attached hydrogens (tertiary/aromatic N) is 5. The number of hydrogen-bond acceptors (Lipinski definition) is 5. The highest BCUT2D eigenvalue weighted by Crippen LogP contribution is 2.25. The fourth-order valence-electron chi connectivity index (χ4n) is 3.54. The Balaban J connectivity index is 1.58. The minimum atomic E-state index is -0.288. The van der Waals surface area contributed by atoms with E-state index in [1.54, 1.807) is 12.1 Å². The van der Waals surface area contributed by atoms with Gasteiger partial charge in [-0.1, -0.05) is 11.8 Å². The summed E-state index contributed by atoms with van der Waals surface area (Å²) in [6.45, 7) is 7.64. The van der Waals surface area contributed by atoms with Crippen LogP contribution in [0.3, 0.4) is 0 Å². The Morgan fingerprint density at radius 2 is 1.79 bits per heavy atom. The van der Waals surface area contributed by atoms with Crippen LogP contribution in [0.25, 0.3) is 11.3 Å². The van der Waals surface area contributed by atoms with Gasteiger partial charge in [0.2, 0.25) is 0 Å². The molecule has 0 aliphatic rings. The monoisotopic (exact) mass is 409 g/mol. The van der Waals surface area contributed by atoms with Gasteiger partial charge in [-0.2, -0.15) is 0 Å². The van der Waals surface area contributed by atoms with Crippen molar-refractivity contribution in [3.05, 3.63) is 70.7 Å². The summed E-state index contributed by atoms with van der Waals surface area (Å²) in [5, 5.41) is 9.03. The van der Waals surface area contributed by atoms with Crippen LogP contribution in [-0.2, 0) is 0 Å². The average molecular weight is 409 g/mol. The second-order valence-electron chi connectivity index (χ2n) is 6.93. The van der Waals surface area contributed by atoms with Crippen molar-refractivity contribution in [2.24, 2.45) is 0 Å². The molecule has 0 unspecified atom stereocenters. The van der Waals surface area contributed by atoms with Gasteiger partial charge in [0.05, 0.1) is 5.75 Å². The highest BCUT2D eigenvalue weighted by molar-refractivity contribution is 7.99. The first-order valence-electron chi connectivity index (χ1n) is 9.15. The second-order valence-corrected chi connectivity index (χ2v) is 7.87. The number of aromatic nitrogens is 5. The van der Waals surface area contributed by atoms with E-state index >= 15 is 0 Å². The van der Waals surface area contributed by atoms with Crippen molar-refractivity contribution < 1.29 is 9.18 Å². The zero-order chi connectivity index (χ0) is 20.7. The number of Topliss-reactive ketones (excluding diaryl/α,β-unsaturated/α-hetero) is 1. The third-order valence-electron chi connectivity index (χ3n) is 4.81. The lowest BCUT2D eigenvalue weighted by Gasteiger charge is -2.09. The number of thioether (sulfide) groups is 1. The van der Waals surface area contributed by atoms with Gasteiger partial charge >= 0.3 is 0 Å². The first-order chi connectivity index (χ1) is 13.8. The fourth-order valence-corrected chi connectivity index (χ4v) is 4.41. The summed E-state index contributed by atoms with van der Waals surface area (Å²) >= 11 is 1.34. The number of rotatable bonds is 5. The molecule has 0 atom stereocenters. The van der Waals surface area contributed by atoms with Gasteiger partial charge in [-0.15, -0.1) is 10.2 Å². The molecule has 4 rings (SSSR count). The van der Waals surface area contributed by atoms with E-state index in [2.05, 4.69) is 15.2 Å². The first-order valence-corrected chi connectivity index (χ1v) is 10.1. The van der Waals surface area contributed by atoms with Crippen LogP contribution in [0.4, 0.5) is 4.39 Å². The van der Waals surface area contributed by atoms with E-state index in [0.717, 1.165) is 34.2 Å². The number of carbonyl (C=O) groups is 1. The van der Waals surface area contributed by atoms with Gasteiger partial charge in [0.25, 0.3) is 0 Å². The third kappa shape index (κ3) is 3.55. The molecule has 0 saturated heterocycles. The molecular formula is C21H20FN5OS. The molecule has 0 spiro atoms. The predicted molar refractivity (Wildman–Crippen MR) is 111 cm³/mol. The number of benzene rings is 1. The Morgan fingerprint density at radius 3 is 2.52 bits per heavy atom. The molecule has 4 aromatic rings. The smallest absolute Gasteiger partial charge is 0.197 e. The van der Waals surface area contributed by atoms with Crippen LogP contribution in [0.1, 0.15) is 33.3 Å². The molecule has 0 bridgehead atoms. The molecule has 0 aliphatic carbocycles. The molecule has 0 fully saturated rings. The molecule has 148 valence electrons. The lowest BCUT2D eigenvalue weighted by molar-refractivity contribution is 0.102. The topological polar surface area (TPSA) is 65.1 Å². The Hall–Kier alpha value is -3.00. The maximum Gasteiger partial charge on any atom is 0.197 e. The van der Waals surface area contributed by atoms with E-state index in [1.807, 2.05) is 48.8 Å². The van der Waals surface area contributed by atoms with Crippen molar-refractivity contribution in [3.8, 4) is 5.69 Å². The fraction of sp³-hybridized carbons (Fsp3) is 0.238. The van der Waals surface area contributed by atoms with Crippen LogP contribution in [0.15, 0.2) is 41.6 Å². The number of fused-ring (bicyclic) bond motifs is 1. The molecule has 29 heavy (non-hydrogen) atoms. The summed E-state index contributed by atoms with van der Waals surface area (Å²) < 4.78 is 17.1. The van der Waals surface area contributed by atoms with E-state index in [9.17, 15) is 9.18 Å². The molecule has 0 N–H and O–H groups in total. The van der Waals surface area contributed by atoms with E-state index in [0.29, 0.717) is 10.7 Å². The van der Waals surface area contributed by atoms with Crippen LogP contribution in [0, 0.1) is 33.5 Å². The standard InChI is InChI=1S/C21H20FN5OS/c1-12-9-20-24-25-21(27(20)15(4)23-12)29-11-19(28)18-10-13(2)26(14(18)3)17-7-5-16(22)6-8-17/h5-10H,11H2,1-4H3. The predicted octanol–water partition coefficient (Wildman–Crippen LogP) is 4.26. The van der Waals surface area contributed by atoms with Gasteiger partial charge in [0.1, 0.15) is 11.6 Å². The quantitative estimate of drug-likeness (QED) is 0.364. The van der Waals surface area contributed by atoms with Crippen molar-refractivity contribution in [3.63, 3.8) is 0 Å². The average Bonchev–Trinajstić information content (AvgIpc) is 3.21. The maximum absolute atomic E-state index is 13.2. The molecule has 0 amide bonds. The number of halogens is 1. The van der Waals surface area contributed by atoms with Crippen molar-refractivity contribution in [2.45, 2.75) is 32.9 Å². The molecule has 0 aliphatic heterocycles. The minimum absolute atomic E-state index is 0.00550.